The fraction of sp³-hybridized carbons (Fsp3) is 0.632. The van der Waals surface area contributed by atoms with Gasteiger partial charge in [0.1, 0.15) is 5.60 Å². The molecule has 0 aromatic heterocycles. The van der Waals surface area contributed by atoms with Crippen LogP contribution < -0.4 is 10.6 Å². The van der Waals surface area contributed by atoms with Crippen molar-refractivity contribution in [2.45, 2.75) is 38.3 Å². The van der Waals surface area contributed by atoms with E-state index >= 15 is 0 Å². The molecule has 0 radical (unpaired) electrons. The molecule has 1 aromatic rings. The van der Waals surface area contributed by atoms with Crippen LogP contribution in [-0.4, -0.2) is 56.2 Å². The van der Waals surface area contributed by atoms with Gasteiger partial charge in [-0.1, -0.05) is 43.6 Å². The van der Waals surface area contributed by atoms with Gasteiger partial charge in [-0.3, -0.25) is 9.69 Å². The van der Waals surface area contributed by atoms with Crippen molar-refractivity contribution in [3.8, 4) is 0 Å². The van der Waals surface area contributed by atoms with Gasteiger partial charge >= 0.3 is 0 Å². The van der Waals surface area contributed by atoms with E-state index in [9.17, 15) is 4.79 Å². The van der Waals surface area contributed by atoms with Gasteiger partial charge in [-0.25, -0.2) is 0 Å². The van der Waals surface area contributed by atoms with Crippen LogP contribution >= 0.6 is 11.6 Å². The summed E-state index contributed by atoms with van der Waals surface area (Å²) in [4.78, 5) is 15.2. The smallest absolute Gasteiger partial charge is 0.252 e. The second kappa shape index (κ2) is 9.53. The summed E-state index contributed by atoms with van der Waals surface area (Å²) >= 11 is 6.42. The first-order chi connectivity index (χ1) is 12.1. The fourth-order valence-electron chi connectivity index (χ4n) is 3.55. The van der Waals surface area contributed by atoms with E-state index < -0.39 is 5.60 Å². The molecule has 1 atom stereocenters. The highest BCUT2D eigenvalue weighted by Gasteiger charge is 2.40. The number of carbonyl (C=O) groups is 1. The van der Waals surface area contributed by atoms with E-state index in [0.29, 0.717) is 19.4 Å². The fourth-order valence-corrected chi connectivity index (χ4v) is 3.81. The minimum Gasteiger partial charge on any atom is -0.368 e. The van der Waals surface area contributed by atoms with Crippen molar-refractivity contribution >= 4 is 17.5 Å². The Balaban J connectivity index is 2.14. The molecule has 1 saturated heterocycles. The molecule has 1 heterocycles. The molecule has 6 heteroatoms. The maximum Gasteiger partial charge on any atom is 0.252 e. The molecule has 1 aliphatic heterocycles. The quantitative estimate of drug-likeness (QED) is 0.741. The van der Waals surface area contributed by atoms with Gasteiger partial charge < -0.3 is 15.4 Å². The maximum atomic E-state index is 12.9. The second-order valence-corrected chi connectivity index (χ2v) is 6.82. The number of likely N-dealkylation sites (N-methyl/N-ethyl adjacent to an activating group) is 1. The normalized spacial score (nSPS) is 18.1. The lowest BCUT2D eigenvalue weighted by molar-refractivity contribution is -0.147. The molecule has 0 bridgehead atoms. The van der Waals surface area contributed by atoms with Crippen molar-refractivity contribution in [3.05, 3.63) is 34.9 Å². The predicted octanol–water partition coefficient (Wildman–Crippen LogP) is 2.61. The standard InChI is InChI=1S/C19H30ClN3O2/c1-4-23(5-2)17(15-8-6-7-9-16(15)20)14-22-18(24)19(25-3)10-12-21-13-11-19/h6-9,17,21H,4-5,10-14H2,1-3H3,(H,22,24). The van der Waals surface area contributed by atoms with Gasteiger partial charge in [0.2, 0.25) is 0 Å². The van der Waals surface area contributed by atoms with Crippen LogP contribution in [-0.2, 0) is 9.53 Å². The van der Waals surface area contributed by atoms with Crippen molar-refractivity contribution in [2.75, 3.05) is 39.8 Å². The zero-order chi connectivity index (χ0) is 18.3. The number of carbonyl (C=O) groups excluding carboxylic acids is 1. The number of hydrogen-bond donors (Lipinski definition) is 2. The van der Waals surface area contributed by atoms with E-state index in [1.165, 1.54) is 0 Å². The van der Waals surface area contributed by atoms with E-state index in [2.05, 4.69) is 29.4 Å². The Morgan fingerprint density at radius 1 is 1.32 bits per heavy atom. The highest BCUT2D eigenvalue weighted by atomic mass is 35.5. The van der Waals surface area contributed by atoms with Crippen molar-refractivity contribution in [1.29, 1.82) is 0 Å². The Morgan fingerprint density at radius 2 is 1.96 bits per heavy atom. The Hall–Kier alpha value is -1.14. The molecule has 0 saturated carbocycles. The topological polar surface area (TPSA) is 53.6 Å². The number of amides is 1. The summed E-state index contributed by atoms with van der Waals surface area (Å²) in [6, 6.07) is 7.90. The van der Waals surface area contributed by atoms with Gasteiger partial charge in [0.25, 0.3) is 5.91 Å². The van der Waals surface area contributed by atoms with Gasteiger partial charge in [0, 0.05) is 18.7 Å². The third-order valence-corrected chi connectivity index (χ3v) is 5.53. The molecule has 0 aliphatic carbocycles. The van der Waals surface area contributed by atoms with E-state index in [4.69, 9.17) is 16.3 Å². The largest absolute Gasteiger partial charge is 0.368 e. The van der Waals surface area contributed by atoms with Gasteiger partial charge in [-0.15, -0.1) is 0 Å². The Morgan fingerprint density at radius 3 is 2.52 bits per heavy atom. The summed E-state index contributed by atoms with van der Waals surface area (Å²) in [6.45, 7) is 8.14. The Bertz CT molecular complexity index is 557. The third-order valence-electron chi connectivity index (χ3n) is 5.19. The minimum atomic E-state index is -0.723. The first kappa shape index (κ1) is 20.2. The summed E-state index contributed by atoms with van der Waals surface area (Å²) in [7, 11) is 1.63. The van der Waals surface area contributed by atoms with Crippen LogP contribution in [0.15, 0.2) is 24.3 Å². The van der Waals surface area contributed by atoms with Gasteiger partial charge in [0.15, 0.2) is 0 Å². The number of halogens is 1. The zero-order valence-electron chi connectivity index (χ0n) is 15.5. The SMILES string of the molecule is CCN(CC)C(CNC(=O)C1(OC)CCNCC1)c1ccccc1Cl. The minimum absolute atomic E-state index is 0.0271. The molecule has 1 fully saturated rings. The van der Waals surface area contributed by atoms with E-state index in [1.807, 2.05) is 24.3 Å². The summed E-state index contributed by atoms with van der Waals surface area (Å²) < 4.78 is 5.62. The summed E-state index contributed by atoms with van der Waals surface area (Å²) in [5.74, 6) is -0.0271. The van der Waals surface area contributed by atoms with Crippen LogP contribution in [0.25, 0.3) is 0 Å². The highest BCUT2D eigenvalue weighted by molar-refractivity contribution is 6.31. The molecule has 25 heavy (non-hydrogen) atoms. The average Bonchev–Trinajstić information content (AvgIpc) is 2.66. The van der Waals surface area contributed by atoms with Crippen molar-refractivity contribution in [2.24, 2.45) is 0 Å². The molecule has 5 nitrogen and oxygen atoms in total. The number of piperidine rings is 1. The third kappa shape index (κ3) is 4.73. The molecular formula is C19H30ClN3O2. The first-order valence-corrected chi connectivity index (χ1v) is 9.48. The Labute approximate surface area is 156 Å². The van der Waals surface area contributed by atoms with Crippen LogP contribution in [0.4, 0.5) is 0 Å². The van der Waals surface area contributed by atoms with Crippen LogP contribution in [0.3, 0.4) is 0 Å². The number of hydrogen-bond acceptors (Lipinski definition) is 4. The lowest BCUT2D eigenvalue weighted by atomic mass is 9.91. The zero-order valence-corrected chi connectivity index (χ0v) is 16.2. The van der Waals surface area contributed by atoms with Gasteiger partial charge in [-0.2, -0.15) is 0 Å². The number of nitrogens with zero attached hydrogens (tertiary/aromatic N) is 1. The number of methoxy groups -OCH3 is 1. The second-order valence-electron chi connectivity index (χ2n) is 6.42. The van der Waals surface area contributed by atoms with Crippen molar-refractivity contribution < 1.29 is 9.53 Å². The molecule has 0 spiro atoms. The Kier molecular flexibility index (Phi) is 7.69. The van der Waals surface area contributed by atoms with Gasteiger partial charge in [-0.05, 0) is 50.7 Å². The van der Waals surface area contributed by atoms with Crippen LogP contribution in [0.1, 0.15) is 38.3 Å². The lowest BCUT2D eigenvalue weighted by Crippen LogP contribution is -2.55. The number of rotatable bonds is 8. The molecule has 140 valence electrons. The van der Waals surface area contributed by atoms with E-state index in [1.54, 1.807) is 7.11 Å². The summed E-state index contributed by atoms with van der Waals surface area (Å²) in [5, 5.41) is 7.14. The predicted molar refractivity (Wildman–Crippen MR) is 102 cm³/mol. The summed E-state index contributed by atoms with van der Waals surface area (Å²) in [6.07, 6.45) is 1.38. The maximum absolute atomic E-state index is 12.9. The van der Waals surface area contributed by atoms with Crippen LogP contribution in [0.5, 0.6) is 0 Å². The first-order valence-electron chi connectivity index (χ1n) is 9.10. The number of ether oxygens (including phenoxy) is 1. The molecule has 1 aromatic carbocycles. The summed E-state index contributed by atoms with van der Waals surface area (Å²) in [5.41, 5.74) is 0.324. The molecule has 2 N–H and O–H groups in total. The lowest BCUT2D eigenvalue weighted by Gasteiger charge is -2.36. The van der Waals surface area contributed by atoms with Crippen molar-refractivity contribution in [3.63, 3.8) is 0 Å². The van der Waals surface area contributed by atoms with E-state index in [0.717, 1.165) is 36.8 Å². The van der Waals surface area contributed by atoms with Gasteiger partial charge in [0.05, 0.1) is 6.04 Å². The average molecular weight is 368 g/mol. The molecule has 1 unspecified atom stereocenters. The monoisotopic (exact) mass is 367 g/mol. The van der Waals surface area contributed by atoms with Crippen LogP contribution in [0.2, 0.25) is 5.02 Å². The molecule has 2 rings (SSSR count). The van der Waals surface area contributed by atoms with Crippen LogP contribution in [0, 0.1) is 0 Å². The highest BCUT2D eigenvalue weighted by Crippen LogP contribution is 2.28. The molecular weight excluding hydrogens is 338 g/mol. The number of benzene rings is 1. The molecule has 1 aliphatic rings. The number of nitrogens with one attached hydrogen (secondary N) is 2. The molecule has 1 amide bonds. The van der Waals surface area contributed by atoms with E-state index in [-0.39, 0.29) is 11.9 Å². The van der Waals surface area contributed by atoms with Crippen molar-refractivity contribution in [1.82, 2.24) is 15.5 Å².